The molecule has 2 N–H and O–H groups in total. The molecule has 0 aliphatic rings. The number of alkyl halides is 1. The van der Waals surface area contributed by atoms with Crippen molar-refractivity contribution in [3.8, 4) is 0 Å². The van der Waals surface area contributed by atoms with Crippen LogP contribution in [0.25, 0.3) is 11.0 Å². The molecule has 0 fully saturated rings. The lowest BCUT2D eigenvalue weighted by Crippen LogP contribution is -1.99. The van der Waals surface area contributed by atoms with Gasteiger partial charge in [-0.3, -0.25) is 0 Å². The molecule has 102 valence electrons. The van der Waals surface area contributed by atoms with E-state index in [2.05, 4.69) is 9.97 Å². The van der Waals surface area contributed by atoms with Gasteiger partial charge in [-0.25, -0.2) is 4.79 Å². The Hall–Kier alpha value is -1.71. The van der Waals surface area contributed by atoms with Gasteiger partial charge in [0, 0.05) is 5.02 Å². The molecule has 3 nitrogen and oxygen atoms in total. The van der Waals surface area contributed by atoms with Crippen molar-refractivity contribution >= 4 is 34.2 Å². The number of benzene rings is 2. The third kappa shape index (κ3) is 2.35. The number of hydrogen-bond donors (Lipinski definition) is 2. The lowest BCUT2D eigenvalue weighted by Gasteiger charge is -2.12. The molecule has 1 atom stereocenters. The zero-order chi connectivity index (χ0) is 14.3. The van der Waals surface area contributed by atoms with Gasteiger partial charge in [0.1, 0.15) is 0 Å². The lowest BCUT2D eigenvalue weighted by atomic mass is 10.0. The van der Waals surface area contributed by atoms with E-state index in [1.165, 1.54) is 0 Å². The third-order valence-electron chi connectivity index (χ3n) is 3.26. The van der Waals surface area contributed by atoms with Crippen LogP contribution in [0.15, 0.2) is 41.2 Å². The summed E-state index contributed by atoms with van der Waals surface area (Å²) in [5, 5.41) is 0.290. The summed E-state index contributed by atoms with van der Waals surface area (Å²) in [4.78, 5) is 16.7. The van der Waals surface area contributed by atoms with Gasteiger partial charge in [-0.05, 0) is 41.8 Å². The smallest absolute Gasteiger partial charge is 0.306 e. The first-order valence-electron chi connectivity index (χ1n) is 6.16. The predicted octanol–water partition coefficient (Wildman–Crippen LogP) is 4.15. The Kier molecular flexibility index (Phi) is 3.32. The van der Waals surface area contributed by atoms with Crippen LogP contribution in [0.2, 0.25) is 5.02 Å². The van der Waals surface area contributed by atoms with Crippen LogP contribution in [0.5, 0.6) is 0 Å². The van der Waals surface area contributed by atoms with Crippen LogP contribution in [-0.4, -0.2) is 9.97 Å². The molecule has 0 aliphatic heterocycles. The van der Waals surface area contributed by atoms with Crippen LogP contribution in [0.3, 0.4) is 0 Å². The number of aromatic amines is 2. The molecule has 20 heavy (non-hydrogen) atoms. The van der Waals surface area contributed by atoms with Gasteiger partial charge >= 0.3 is 5.69 Å². The minimum atomic E-state index is -0.356. The molecule has 3 rings (SSSR count). The highest BCUT2D eigenvalue weighted by molar-refractivity contribution is 6.33. The van der Waals surface area contributed by atoms with Gasteiger partial charge in [0.05, 0.1) is 16.4 Å². The third-order valence-corrected chi connectivity index (χ3v) is 4.08. The van der Waals surface area contributed by atoms with E-state index in [1.807, 2.05) is 43.3 Å². The van der Waals surface area contributed by atoms with Crippen molar-refractivity contribution in [1.29, 1.82) is 0 Å². The first kappa shape index (κ1) is 13.3. The zero-order valence-corrected chi connectivity index (χ0v) is 12.2. The van der Waals surface area contributed by atoms with Crippen molar-refractivity contribution in [3.63, 3.8) is 0 Å². The highest BCUT2D eigenvalue weighted by atomic mass is 35.5. The van der Waals surface area contributed by atoms with Crippen molar-refractivity contribution in [3.05, 3.63) is 68.6 Å². The van der Waals surface area contributed by atoms with Crippen LogP contribution in [0.4, 0.5) is 0 Å². The van der Waals surface area contributed by atoms with E-state index in [-0.39, 0.29) is 11.1 Å². The SMILES string of the molecule is Cc1ccc(C(Cl)c2ccc3[nH]c(=O)[nH]c3c2)c(Cl)c1. The summed E-state index contributed by atoms with van der Waals surface area (Å²) < 4.78 is 0. The van der Waals surface area contributed by atoms with Gasteiger partial charge in [-0.15, -0.1) is 11.6 Å². The second-order valence-electron chi connectivity index (χ2n) is 4.77. The Bertz CT molecular complexity index is 835. The molecule has 1 aromatic heterocycles. The fourth-order valence-corrected chi connectivity index (χ4v) is 2.95. The number of nitrogens with one attached hydrogen (secondary N) is 2. The van der Waals surface area contributed by atoms with Crippen LogP contribution < -0.4 is 5.69 Å². The predicted molar refractivity (Wildman–Crippen MR) is 82.8 cm³/mol. The van der Waals surface area contributed by atoms with E-state index >= 15 is 0 Å². The molecule has 0 amide bonds. The average Bonchev–Trinajstić information content (AvgIpc) is 2.77. The largest absolute Gasteiger partial charge is 0.323 e. The number of H-pyrrole nitrogens is 2. The standard InChI is InChI=1S/C15H12Cl2N2O/c1-8-2-4-10(11(16)6-8)14(17)9-3-5-12-13(7-9)19-15(20)18-12/h2-7,14H,1H3,(H2,18,19,20). The van der Waals surface area contributed by atoms with Gasteiger partial charge in [0.25, 0.3) is 0 Å². The average molecular weight is 307 g/mol. The van der Waals surface area contributed by atoms with Gasteiger partial charge in [0.2, 0.25) is 0 Å². The summed E-state index contributed by atoms with van der Waals surface area (Å²) in [7, 11) is 0. The van der Waals surface area contributed by atoms with Gasteiger partial charge in [0.15, 0.2) is 0 Å². The summed E-state index contributed by atoms with van der Waals surface area (Å²) >= 11 is 12.8. The van der Waals surface area contributed by atoms with Crippen molar-refractivity contribution in [2.45, 2.75) is 12.3 Å². The Labute approximate surface area is 125 Å². The van der Waals surface area contributed by atoms with Crippen molar-refractivity contribution in [2.24, 2.45) is 0 Å². The molecular formula is C15H12Cl2N2O. The summed E-state index contributed by atoms with van der Waals surface area (Å²) in [6, 6.07) is 11.4. The second-order valence-corrected chi connectivity index (χ2v) is 5.62. The maximum Gasteiger partial charge on any atom is 0.323 e. The zero-order valence-electron chi connectivity index (χ0n) is 10.7. The summed E-state index contributed by atoms with van der Waals surface area (Å²) in [5.41, 5.74) is 4.11. The fraction of sp³-hybridized carbons (Fsp3) is 0.133. The van der Waals surface area contributed by atoms with Crippen LogP contribution in [0.1, 0.15) is 22.1 Å². The van der Waals surface area contributed by atoms with Crippen LogP contribution in [-0.2, 0) is 0 Å². The topological polar surface area (TPSA) is 48.6 Å². The number of aryl methyl sites for hydroxylation is 1. The Morgan fingerprint density at radius 2 is 1.80 bits per heavy atom. The van der Waals surface area contributed by atoms with Crippen LogP contribution >= 0.6 is 23.2 Å². The first-order valence-corrected chi connectivity index (χ1v) is 6.98. The van der Waals surface area contributed by atoms with Gasteiger partial charge in [-0.1, -0.05) is 29.8 Å². The molecule has 5 heteroatoms. The second kappa shape index (κ2) is 5.00. The number of fused-ring (bicyclic) bond motifs is 1. The molecule has 0 saturated heterocycles. The maximum absolute atomic E-state index is 11.3. The maximum atomic E-state index is 11.3. The fourth-order valence-electron chi connectivity index (χ4n) is 2.23. The molecule has 3 aromatic rings. The van der Waals surface area contributed by atoms with E-state index in [0.717, 1.165) is 27.7 Å². The molecule has 0 aliphatic carbocycles. The summed E-state index contributed by atoms with van der Waals surface area (Å²) in [5.74, 6) is 0. The molecule has 0 saturated carbocycles. The number of aromatic nitrogens is 2. The van der Waals surface area contributed by atoms with E-state index in [0.29, 0.717) is 5.02 Å². The normalized spacial score (nSPS) is 12.8. The highest BCUT2D eigenvalue weighted by Crippen LogP contribution is 2.34. The Morgan fingerprint density at radius 3 is 2.55 bits per heavy atom. The van der Waals surface area contributed by atoms with Crippen molar-refractivity contribution in [1.82, 2.24) is 9.97 Å². The van der Waals surface area contributed by atoms with Crippen molar-refractivity contribution < 1.29 is 0 Å². The number of imidazole rings is 1. The van der Waals surface area contributed by atoms with Gasteiger partial charge in [-0.2, -0.15) is 0 Å². The van der Waals surface area contributed by atoms with E-state index < -0.39 is 0 Å². The number of rotatable bonds is 2. The Morgan fingerprint density at radius 1 is 1.05 bits per heavy atom. The Balaban J connectivity index is 2.06. The molecule has 0 spiro atoms. The molecular weight excluding hydrogens is 295 g/mol. The number of halogens is 2. The van der Waals surface area contributed by atoms with E-state index in [4.69, 9.17) is 23.2 Å². The molecule has 0 radical (unpaired) electrons. The minimum Gasteiger partial charge on any atom is -0.306 e. The van der Waals surface area contributed by atoms with Crippen LogP contribution in [0, 0.1) is 6.92 Å². The number of hydrogen-bond acceptors (Lipinski definition) is 1. The quantitative estimate of drug-likeness (QED) is 0.687. The van der Waals surface area contributed by atoms with Crippen molar-refractivity contribution in [2.75, 3.05) is 0 Å². The molecule has 1 heterocycles. The molecule has 2 aromatic carbocycles. The lowest BCUT2D eigenvalue weighted by molar-refractivity contribution is 1.14. The van der Waals surface area contributed by atoms with Gasteiger partial charge < -0.3 is 9.97 Å². The monoisotopic (exact) mass is 306 g/mol. The first-order chi connectivity index (χ1) is 9.54. The summed E-state index contributed by atoms with van der Waals surface area (Å²) in [6.45, 7) is 1.98. The van der Waals surface area contributed by atoms with E-state index in [1.54, 1.807) is 0 Å². The minimum absolute atomic E-state index is 0.225. The highest BCUT2D eigenvalue weighted by Gasteiger charge is 2.15. The summed E-state index contributed by atoms with van der Waals surface area (Å²) in [6.07, 6.45) is 0. The molecule has 1 unspecified atom stereocenters. The van der Waals surface area contributed by atoms with E-state index in [9.17, 15) is 4.79 Å². The molecule has 0 bridgehead atoms.